The molecule has 0 spiro atoms. The van der Waals surface area contributed by atoms with Crippen molar-refractivity contribution in [1.29, 1.82) is 0 Å². The van der Waals surface area contributed by atoms with Crippen LogP contribution < -0.4 is 14.8 Å². The zero-order valence-electron chi connectivity index (χ0n) is 10.7. The summed E-state index contributed by atoms with van der Waals surface area (Å²) in [5.41, 5.74) is 1.32. The first-order valence-electron chi connectivity index (χ1n) is 6.27. The van der Waals surface area contributed by atoms with Crippen LogP contribution >= 0.6 is 0 Å². The maximum Gasteiger partial charge on any atom is 0.122 e. The molecule has 1 saturated heterocycles. The van der Waals surface area contributed by atoms with Gasteiger partial charge in [0, 0.05) is 12.6 Å². The lowest BCUT2D eigenvalue weighted by Crippen LogP contribution is -2.19. The molecule has 94 valence electrons. The van der Waals surface area contributed by atoms with Crippen LogP contribution in [0.5, 0.6) is 11.5 Å². The number of hydrogen-bond acceptors (Lipinski definition) is 3. The summed E-state index contributed by atoms with van der Waals surface area (Å²) < 4.78 is 10.6. The van der Waals surface area contributed by atoms with Crippen LogP contribution in [0.15, 0.2) is 18.2 Å². The number of benzene rings is 1. The normalized spacial score (nSPS) is 20.7. The van der Waals surface area contributed by atoms with Gasteiger partial charge in [-0.15, -0.1) is 0 Å². The van der Waals surface area contributed by atoms with Gasteiger partial charge in [-0.3, -0.25) is 0 Å². The van der Waals surface area contributed by atoms with Crippen LogP contribution in [0, 0.1) is 0 Å². The first-order chi connectivity index (χ1) is 8.33. The number of rotatable bonds is 3. The van der Waals surface area contributed by atoms with Gasteiger partial charge in [0.05, 0.1) is 14.2 Å². The van der Waals surface area contributed by atoms with E-state index >= 15 is 0 Å². The molecule has 1 fully saturated rings. The molecule has 0 amide bonds. The van der Waals surface area contributed by atoms with E-state index in [1.54, 1.807) is 14.2 Å². The summed E-state index contributed by atoms with van der Waals surface area (Å²) in [7, 11) is 3.40. The van der Waals surface area contributed by atoms with E-state index in [1.807, 2.05) is 6.07 Å². The zero-order chi connectivity index (χ0) is 12.1. The molecule has 1 aromatic rings. The Morgan fingerprint density at radius 1 is 1.06 bits per heavy atom. The molecule has 1 N–H and O–H groups in total. The van der Waals surface area contributed by atoms with Gasteiger partial charge in [0.15, 0.2) is 0 Å². The Bertz CT molecular complexity index is 335. The molecule has 0 bridgehead atoms. The molecule has 1 unspecified atom stereocenters. The summed E-state index contributed by atoms with van der Waals surface area (Å²) in [5, 5.41) is 3.49. The molecule has 3 nitrogen and oxygen atoms in total. The van der Waals surface area contributed by atoms with Gasteiger partial charge in [-0.05, 0) is 43.0 Å². The number of ether oxygens (including phenoxy) is 2. The summed E-state index contributed by atoms with van der Waals surface area (Å²) in [5.74, 6) is 2.33. The molecule has 0 radical (unpaired) electrons. The number of methoxy groups -OCH3 is 2. The summed E-state index contributed by atoms with van der Waals surface area (Å²) in [6.45, 7) is 2.19. The minimum Gasteiger partial charge on any atom is -0.497 e. The quantitative estimate of drug-likeness (QED) is 0.873. The average molecular weight is 235 g/mol. The highest BCUT2D eigenvalue weighted by molar-refractivity contribution is 5.40. The molecular weight excluding hydrogens is 214 g/mol. The standard InChI is InChI=1S/C14H21NO2/c1-16-13-7-12(8-14(9-13)17-2)11-5-3-4-6-15-10-11/h7-9,11,15H,3-6,10H2,1-2H3. The van der Waals surface area contributed by atoms with E-state index in [1.165, 1.54) is 24.8 Å². The molecule has 1 aromatic carbocycles. The van der Waals surface area contributed by atoms with E-state index in [0.29, 0.717) is 5.92 Å². The van der Waals surface area contributed by atoms with E-state index < -0.39 is 0 Å². The summed E-state index contributed by atoms with van der Waals surface area (Å²) in [4.78, 5) is 0. The minimum atomic E-state index is 0.571. The molecule has 17 heavy (non-hydrogen) atoms. The van der Waals surface area contributed by atoms with Crippen molar-refractivity contribution in [2.24, 2.45) is 0 Å². The lowest BCUT2D eigenvalue weighted by molar-refractivity contribution is 0.392. The van der Waals surface area contributed by atoms with Crippen LogP contribution in [-0.4, -0.2) is 27.3 Å². The first-order valence-corrected chi connectivity index (χ1v) is 6.27. The maximum absolute atomic E-state index is 5.32. The van der Waals surface area contributed by atoms with Crippen LogP contribution in [0.25, 0.3) is 0 Å². The monoisotopic (exact) mass is 235 g/mol. The van der Waals surface area contributed by atoms with Gasteiger partial charge >= 0.3 is 0 Å². The van der Waals surface area contributed by atoms with Gasteiger partial charge in [0.1, 0.15) is 11.5 Å². The highest BCUT2D eigenvalue weighted by atomic mass is 16.5. The Kier molecular flexibility index (Phi) is 4.26. The second-order valence-electron chi connectivity index (χ2n) is 4.54. The van der Waals surface area contributed by atoms with Gasteiger partial charge < -0.3 is 14.8 Å². The molecule has 0 saturated carbocycles. The molecule has 1 aliphatic heterocycles. The predicted molar refractivity (Wildman–Crippen MR) is 69.0 cm³/mol. The average Bonchev–Trinajstić information content (AvgIpc) is 2.67. The fraction of sp³-hybridized carbons (Fsp3) is 0.571. The van der Waals surface area contributed by atoms with Crippen molar-refractivity contribution < 1.29 is 9.47 Å². The Hall–Kier alpha value is -1.22. The van der Waals surface area contributed by atoms with Crippen LogP contribution in [0.3, 0.4) is 0 Å². The summed E-state index contributed by atoms with van der Waals surface area (Å²) in [6.07, 6.45) is 3.80. The van der Waals surface area contributed by atoms with E-state index in [2.05, 4.69) is 17.4 Å². The largest absolute Gasteiger partial charge is 0.497 e. The van der Waals surface area contributed by atoms with Crippen molar-refractivity contribution in [3.63, 3.8) is 0 Å². The third-order valence-corrected chi connectivity index (χ3v) is 3.39. The molecule has 0 aromatic heterocycles. The smallest absolute Gasteiger partial charge is 0.122 e. The number of nitrogens with one attached hydrogen (secondary N) is 1. The van der Waals surface area contributed by atoms with E-state index in [4.69, 9.17) is 9.47 Å². The Labute approximate surface area is 103 Å². The van der Waals surface area contributed by atoms with Crippen molar-refractivity contribution >= 4 is 0 Å². The minimum absolute atomic E-state index is 0.571. The van der Waals surface area contributed by atoms with Crippen molar-refractivity contribution in [1.82, 2.24) is 5.32 Å². The van der Waals surface area contributed by atoms with Gasteiger partial charge in [0.25, 0.3) is 0 Å². The molecule has 3 heteroatoms. The molecule has 1 aliphatic rings. The van der Waals surface area contributed by atoms with E-state index in [0.717, 1.165) is 24.6 Å². The zero-order valence-corrected chi connectivity index (χ0v) is 10.7. The predicted octanol–water partition coefficient (Wildman–Crippen LogP) is 2.56. The fourth-order valence-electron chi connectivity index (χ4n) is 2.37. The number of hydrogen-bond donors (Lipinski definition) is 1. The fourth-order valence-corrected chi connectivity index (χ4v) is 2.37. The third-order valence-electron chi connectivity index (χ3n) is 3.39. The molecule has 2 rings (SSSR count). The van der Waals surface area contributed by atoms with Crippen LogP contribution in [-0.2, 0) is 0 Å². The second-order valence-corrected chi connectivity index (χ2v) is 4.54. The van der Waals surface area contributed by atoms with Crippen molar-refractivity contribution in [3.05, 3.63) is 23.8 Å². The SMILES string of the molecule is COc1cc(OC)cc(C2CCCCNC2)c1. The van der Waals surface area contributed by atoms with Gasteiger partial charge in [-0.1, -0.05) is 6.42 Å². The second kappa shape index (κ2) is 5.92. The molecule has 0 aliphatic carbocycles. The van der Waals surface area contributed by atoms with Crippen molar-refractivity contribution in [2.75, 3.05) is 27.3 Å². The Morgan fingerprint density at radius 3 is 2.41 bits per heavy atom. The summed E-state index contributed by atoms with van der Waals surface area (Å²) in [6, 6.07) is 6.17. The molecule has 1 heterocycles. The first kappa shape index (κ1) is 12.2. The highest BCUT2D eigenvalue weighted by Crippen LogP contribution is 2.30. The van der Waals surface area contributed by atoms with Crippen LogP contribution in [0.2, 0.25) is 0 Å². The van der Waals surface area contributed by atoms with Gasteiger partial charge in [-0.25, -0.2) is 0 Å². The van der Waals surface area contributed by atoms with Gasteiger partial charge in [-0.2, -0.15) is 0 Å². The Balaban J connectivity index is 2.22. The van der Waals surface area contributed by atoms with Crippen LogP contribution in [0.1, 0.15) is 30.7 Å². The topological polar surface area (TPSA) is 30.5 Å². The lowest BCUT2D eigenvalue weighted by Gasteiger charge is -2.16. The van der Waals surface area contributed by atoms with Crippen LogP contribution in [0.4, 0.5) is 0 Å². The van der Waals surface area contributed by atoms with Crippen molar-refractivity contribution in [2.45, 2.75) is 25.2 Å². The third kappa shape index (κ3) is 3.13. The van der Waals surface area contributed by atoms with E-state index in [-0.39, 0.29) is 0 Å². The Morgan fingerprint density at radius 2 is 1.76 bits per heavy atom. The highest BCUT2D eigenvalue weighted by Gasteiger charge is 2.15. The van der Waals surface area contributed by atoms with Crippen molar-refractivity contribution in [3.8, 4) is 11.5 Å². The van der Waals surface area contributed by atoms with E-state index in [9.17, 15) is 0 Å². The van der Waals surface area contributed by atoms with Gasteiger partial charge in [0.2, 0.25) is 0 Å². The lowest BCUT2D eigenvalue weighted by atomic mass is 9.94. The maximum atomic E-state index is 5.32. The molecule has 1 atom stereocenters. The summed E-state index contributed by atoms with van der Waals surface area (Å²) >= 11 is 0. The molecular formula is C14H21NO2.